The number of hydrogen-bond acceptors (Lipinski definition) is 2. The highest BCUT2D eigenvalue weighted by atomic mass is 32.2. The fourth-order valence-electron chi connectivity index (χ4n) is 1.61. The van der Waals surface area contributed by atoms with E-state index < -0.39 is 10.8 Å². The summed E-state index contributed by atoms with van der Waals surface area (Å²) in [4.78, 5) is 11.9. The SMILES string of the molecule is CCC(CC(C)=O)CS(=O)c1ccccc1. The quantitative estimate of drug-likeness (QED) is 0.763. The third-order valence-corrected chi connectivity index (χ3v) is 4.12. The van der Waals surface area contributed by atoms with Crippen molar-refractivity contribution in [2.75, 3.05) is 5.75 Å². The van der Waals surface area contributed by atoms with Gasteiger partial charge in [-0.25, -0.2) is 0 Å². The molecular weight excluding hydrogens is 220 g/mol. The molecule has 88 valence electrons. The van der Waals surface area contributed by atoms with Crippen molar-refractivity contribution < 1.29 is 9.00 Å². The van der Waals surface area contributed by atoms with Gasteiger partial charge in [0, 0.05) is 17.1 Å². The summed E-state index contributed by atoms with van der Waals surface area (Å²) in [6.07, 6.45) is 1.44. The van der Waals surface area contributed by atoms with Crippen LogP contribution in [0.2, 0.25) is 0 Å². The van der Waals surface area contributed by atoms with Crippen molar-refractivity contribution in [1.82, 2.24) is 0 Å². The van der Waals surface area contributed by atoms with E-state index in [2.05, 4.69) is 0 Å². The second kappa shape index (κ2) is 6.59. The second-order valence-electron chi connectivity index (χ2n) is 4.01. The van der Waals surface area contributed by atoms with Crippen LogP contribution in [0.4, 0.5) is 0 Å². The van der Waals surface area contributed by atoms with Gasteiger partial charge in [-0.05, 0) is 25.0 Å². The minimum Gasteiger partial charge on any atom is -0.300 e. The molecule has 0 aromatic heterocycles. The summed E-state index contributed by atoms with van der Waals surface area (Å²) in [7, 11) is -0.982. The van der Waals surface area contributed by atoms with E-state index in [0.717, 1.165) is 11.3 Å². The van der Waals surface area contributed by atoms with E-state index in [0.29, 0.717) is 12.2 Å². The first-order chi connectivity index (χ1) is 7.63. The first-order valence-electron chi connectivity index (χ1n) is 5.56. The molecule has 0 saturated heterocycles. The number of hydrogen-bond donors (Lipinski definition) is 0. The van der Waals surface area contributed by atoms with Crippen LogP contribution in [-0.2, 0) is 15.6 Å². The molecule has 2 nitrogen and oxygen atoms in total. The number of Topliss-reactive ketones (excluding diaryl/α,β-unsaturated/α-hetero) is 1. The third kappa shape index (κ3) is 4.27. The minimum absolute atomic E-state index is 0.178. The van der Waals surface area contributed by atoms with Crippen molar-refractivity contribution in [2.24, 2.45) is 5.92 Å². The molecule has 3 heteroatoms. The van der Waals surface area contributed by atoms with E-state index in [9.17, 15) is 9.00 Å². The van der Waals surface area contributed by atoms with E-state index in [1.54, 1.807) is 6.92 Å². The summed E-state index contributed by atoms with van der Waals surface area (Å²) in [6, 6.07) is 9.43. The lowest BCUT2D eigenvalue weighted by molar-refractivity contribution is -0.117. The molecule has 0 N–H and O–H groups in total. The number of benzene rings is 1. The lowest BCUT2D eigenvalue weighted by Gasteiger charge is -2.12. The Hall–Kier alpha value is -0.960. The molecule has 2 unspecified atom stereocenters. The molecule has 0 radical (unpaired) electrons. The maximum Gasteiger partial charge on any atom is 0.130 e. The van der Waals surface area contributed by atoms with Crippen LogP contribution in [0, 0.1) is 5.92 Å². The molecule has 16 heavy (non-hydrogen) atoms. The van der Waals surface area contributed by atoms with Gasteiger partial charge in [-0.2, -0.15) is 0 Å². The fraction of sp³-hybridized carbons (Fsp3) is 0.462. The van der Waals surface area contributed by atoms with Crippen molar-refractivity contribution in [1.29, 1.82) is 0 Å². The molecule has 0 aliphatic rings. The molecule has 0 aliphatic carbocycles. The predicted octanol–water partition coefficient (Wildman–Crippen LogP) is 2.80. The van der Waals surface area contributed by atoms with Crippen molar-refractivity contribution in [2.45, 2.75) is 31.6 Å². The van der Waals surface area contributed by atoms with Gasteiger partial charge in [0.25, 0.3) is 0 Å². The van der Waals surface area contributed by atoms with Crippen LogP contribution < -0.4 is 0 Å². The number of carbonyl (C=O) groups excluding carboxylic acids is 1. The van der Waals surface area contributed by atoms with Crippen LogP contribution in [-0.4, -0.2) is 15.7 Å². The lowest BCUT2D eigenvalue weighted by Crippen LogP contribution is -2.13. The average molecular weight is 238 g/mol. The van der Waals surface area contributed by atoms with E-state index in [-0.39, 0.29) is 11.7 Å². The Balaban J connectivity index is 2.59. The molecule has 0 bridgehead atoms. The van der Waals surface area contributed by atoms with Gasteiger partial charge in [-0.15, -0.1) is 0 Å². The van der Waals surface area contributed by atoms with E-state index >= 15 is 0 Å². The van der Waals surface area contributed by atoms with Gasteiger partial charge in [-0.3, -0.25) is 4.21 Å². The molecular formula is C13H18O2S. The van der Waals surface area contributed by atoms with E-state index in [1.165, 1.54) is 0 Å². The van der Waals surface area contributed by atoms with Crippen molar-refractivity contribution in [3.8, 4) is 0 Å². The van der Waals surface area contributed by atoms with Crippen LogP contribution in [0.3, 0.4) is 0 Å². The van der Waals surface area contributed by atoms with Crippen molar-refractivity contribution in [3.63, 3.8) is 0 Å². The molecule has 1 aromatic carbocycles. The maximum atomic E-state index is 12.0. The summed E-state index contributed by atoms with van der Waals surface area (Å²) in [5.74, 6) is 0.996. The van der Waals surface area contributed by atoms with Gasteiger partial charge >= 0.3 is 0 Å². The molecule has 0 saturated carbocycles. The van der Waals surface area contributed by atoms with Gasteiger partial charge in [0.15, 0.2) is 0 Å². The molecule has 0 amide bonds. The molecule has 1 aromatic rings. The van der Waals surface area contributed by atoms with Crippen LogP contribution >= 0.6 is 0 Å². The zero-order valence-electron chi connectivity index (χ0n) is 9.81. The Morgan fingerprint density at radius 2 is 1.94 bits per heavy atom. The summed E-state index contributed by atoms with van der Waals surface area (Å²) in [6.45, 7) is 3.63. The summed E-state index contributed by atoms with van der Waals surface area (Å²) < 4.78 is 12.0. The Morgan fingerprint density at radius 1 is 1.31 bits per heavy atom. The van der Waals surface area contributed by atoms with Crippen LogP contribution in [0.5, 0.6) is 0 Å². The molecule has 1 rings (SSSR count). The molecule has 0 fully saturated rings. The van der Waals surface area contributed by atoms with E-state index in [1.807, 2.05) is 37.3 Å². The number of rotatable bonds is 6. The van der Waals surface area contributed by atoms with Crippen molar-refractivity contribution in [3.05, 3.63) is 30.3 Å². The molecule has 0 heterocycles. The Labute approximate surface area is 99.5 Å². The molecule has 0 aliphatic heterocycles. The number of ketones is 1. The van der Waals surface area contributed by atoms with Gasteiger partial charge in [0.05, 0.1) is 10.8 Å². The standard InChI is InChI=1S/C13H18O2S/c1-3-12(9-11(2)14)10-16(15)13-7-5-4-6-8-13/h4-8,12H,3,9-10H2,1-2H3. The van der Waals surface area contributed by atoms with Gasteiger partial charge in [-0.1, -0.05) is 31.5 Å². The summed E-state index contributed by atoms with van der Waals surface area (Å²) in [5, 5.41) is 0. The Bertz CT molecular complexity index is 359. The lowest BCUT2D eigenvalue weighted by atomic mass is 10.0. The first-order valence-corrected chi connectivity index (χ1v) is 6.88. The average Bonchev–Trinajstić information content (AvgIpc) is 2.28. The second-order valence-corrected chi connectivity index (χ2v) is 5.50. The highest BCUT2D eigenvalue weighted by molar-refractivity contribution is 7.85. The monoisotopic (exact) mass is 238 g/mol. The van der Waals surface area contributed by atoms with Crippen LogP contribution in [0.15, 0.2) is 35.2 Å². The minimum atomic E-state index is -0.982. The zero-order chi connectivity index (χ0) is 12.0. The predicted molar refractivity (Wildman–Crippen MR) is 66.8 cm³/mol. The molecule has 2 atom stereocenters. The number of carbonyl (C=O) groups is 1. The normalized spacial score (nSPS) is 14.4. The smallest absolute Gasteiger partial charge is 0.130 e. The maximum absolute atomic E-state index is 12.0. The zero-order valence-corrected chi connectivity index (χ0v) is 10.6. The third-order valence-electron chi connectivity index (χ3n) is 2.55. The Morgan fingerprint density at radius 3 is 2.44 bits per heavy atom. The summed E-state index contributed by atoms with van der Waals surface area (Å²) in [5.41, 5.74) is 0. The summed E-state index contributed by atoms with van der Waals surface area (Å²) >= 11 is 0. The van der Waals surface area contributed by atoms with Crippen LogP contribution in [0.1, 0.15) is 26.7 Å². The molecule has 0 spiro atoms. The van der Waals surface area contributed by atoms with E-state index in [4.69, 9.17) is 0 Å². The fourth-order valence-corrected chi connectivity index (χ4v) is 3.05. The van der Waals surface area contributed by atoms with Crippen LogP contribution in [0.25, 0.3) is 0 Å². The topological polar surface area (TPSA) is 34.1 Å². The van der Waals surface area contributed by atoms with Gasteiger partial charge in [0.1, 0.15) is 5.78 Å². The van der Waals surface area contributed by atoms with Crippen molar-refractivity contribution >= 4 is 16.6 Å². The largest absolute Gasteiger partial charge is 0.300 e. The van der Waals surface area contributed by atoms with Gasteiger partial charge < -0.3 is 4.79 Å². The van der Waals surface area contributed by atoms with Gasteiger partial charge in [0.2, 0.25) is 0 Å². The Kier molecular flexibility index (Phi) is 5.39. The highest BCUT2D eigenvalue weighted by Gasteiger charge is 2.14. The first kappa shape index (κ1) is 13.1. The highest BCUT2D eigenvalue weighted by Crippen LogP contribution is 2.15.